The summed E-state index contributed by atoms with van der Waals surface area (Å²) in [6.45, 7) is 3.93. The molecule has 0 spiro atoms. The third-order valence-corrected chi connectivity index (χ3v) is 2.05. The molecule has 0 rings (SSSR count). The maximum Gasteiger partial charge on any atom is 0.320 e. The number of nitrogens with zero attached hydrogens (tertiary/aromatic N) is 1. The average molecular weight is 248 g/mol. The molecule has 3 N–H and O–H groups in total. The Kier molecular flexibility index (Phi) is 7.06. The lowest BCUT2D eigenvalue weighted by Crippen LogP contribution is -2.37. The first kappa shape index (κ1) is 14.2. The number of amides is 2. The zero-order valence-electron chi connectivity index (χ0n) is 9.25. The Bertz CT molecular complexity index is 265. The molecule has 2 amide bonds. The van der Waals surface area contributed by atoms with E-state index in [4.69, 9.17) is 12.2 Å². The topological polar surface area (TPSA) is 65.5 Å². The van der Waals surface area contributed by atoms with Crippen molar-refractivity contribution in [2.45, 2.75) is 19.9 Å². The summed E-state index contributed by atoms with van der Waals surface area (Å²) in [5, 5.41) is 8.78. The normalized spacial score (nSPS) is 11.1. The lowest BCUT2D eigenvalue weighted by atomic mass is 10.4. The first-order chi connectivity index (χ1) is 6.99. The number of hydrogen-bond donors (Lipinski definition) is 3. The zero-order chi connectivity index (χ0) is 11.8. The third-order valence-electron chi connectivity index (χ3n) is 1.26. The van der Waals surface area contributed by atoms with E-state index in [1.54, 1.807) is 0 Å². The van der Waals surface area contributed by atoms with Crippen LogP contribution in [0, 0.1) is 0 Å². The van der Waals surface area contributed by atoms with Crippen LogP contribution in [-0.4, -0.2) is 35.7 Å². The van der Waals surface area contributed by atoms with Crippen LogP contribution >= 0.6 is 24.0 Å². The molecule has 0 aliphatic carbocycles. The summed E-state index contributed by atoms with van der Waals surface area (Å²) >= 11 is 6.30. The van der Waals surface area contributed by atoms with Crippen molar-refractivity contribution >= 4 is 40.3 Å². The minimum Gasteiger partial charge on any atom is -0.359 e. The van der Waals surface area contributed by atoms with Crippen LogP contribution in [0.1, 0.15) is 13.8 Å². The van der Waals surface area contributed by atoms with Gasteiger partial charge >= 0.3 is 6.03 Å². The van der Waals surface area contributed by atoms with Gasteiger partial charge in [0.1, 0.15) is 0 Å². The fraction of sp³-hybridized carbons (Fsp3) is 0.625. The predicted octanol–water partition coefficient (Wildman–Crippen LogP) is 0.917. The highest BCUT2D eigenvalue weighted by molar-refractivity contribution is 8.13. The largest absolute Gasteiger partial charge is 0.359 e. The van der Waals surface area contributed by atoms with Gasteiger partial charge in [-0.2, -0.15) is 4.99 Å². The molecule has 0 aromatic heterocycles. The monoisotopic (exact) mass is 248 g/mol. The molecule has 0 aliphatic rings. The molecule has 0 heterocycles. The molecule has 0 aromatic rings. The van der Waals surface area contributed by atoms with Crippen molar-refractivity contribution in [2.24, 2.45) is 4.99 Å². The molecule has 0 aliphatic heterocycles. The third kappa shape index (κ3) is 7.15. The highest BCUT2D eigenvalue weighted by atomic mass is 32.2. The number of thiocarbonyl (C=S) groups is 1. The van der Waals surface area contributed by atoms with Crippen molar-refractivity contribution in [2.75, 3.05) is 13.3 Å². The number of carbonyl (C=O) groups is 1. The number of carbonyl (C=O) groups excluding carboxylic acids is 1. The minimum atomic E-state index is -0.310. The van der Waals surface area contributed by atoms with Crippen LogP contribution in [0.25, 0.3) is 0 Å². The summed E-state index contributed by atoms with van der Waals surface area (Å²) in [6.07, 6.45) is 1.81. The van der Waals surface area contributed by atoms with Gasteiger partial charge < -0.3 is 10.6 Å². The van der Waals surface area contributed by atoms with Gasteiger partial charge in [0, 0.05) is 13.1 Å². The molecule has 0 aromatic carbocycles. The van der Waals surface area contributed by atoms with Crippen molar-refractivity contribution in [3.8, 4) is 0 Å². The molecule has 0 saturated heterocycles. The zero-order valence-corrected chi connectivity index (χ0v) is 10.9. The van der Waals surface area contributed by atoms with E-state index >= 15 is 0 Å². The highest BCUT2D eigenvalue weighted by Crippen LogP contribution is 1.96. The number of aliphatic imine (C=N–C) groups is 1. The molecule has 0 saturated carbocycles. The van der Waals surface area contributed by atoms with Crippen LogP contribution in [0.15, 0.2) is 4.99 Å². The number of thioether (sulfide) groups is 1. The van der Waals surface area contributed by atoms with E-state index in [1.165, 1.54) is 18.8 Å². The Labute approximate surface area is 99.5 Å². The number of amidine groups is 1. The van der Waals surface area contributed by atoms with E-state index < -0.39 is 0 Å². The first-order valence-corrected chi connectivity index (χ1v) is 6.04. The van der Waals surface area contributed by atoms with Gasteiger partial charge in [-0.3, -0.25) is 5.32 Å². The van der Waals surface area contributed by atoms with Gasteiger partial charge in [0.15, 0.2) is 10.3 Å². The van der Waals surface area contributed by atoms with Crippen LogP contribution in [0.5, 0.6) is 0 Å². The second-order valence-corrected chi connectivity index (χ2v) is 4.11. The lowest BCUT2D eigenvalue weighted by molar-refractivity contribution is 0.247. The highest BCUT2D eigenvalue weighted by Gasteiger charge is 2.04. The van der Waals surface area contributed by atoms with Crippen LogP contribution < -0.4 is 16.0 Å². The summed E-state index contributed by atoms with van der Waals surface area (Å²) in [5.41, 5.74) is 0. The van der Waals surface area contributed by atoms with E-state index in [1.807, 2.05) is 20.1 Å². The van der Waals surface area contributed by atoms with E-state index in [0.29, 0.717) is 10.3 Å². The summed E-state index contributed by atoms with van der Waals surface area (Å²) in [4.78, 5) is 15.1. The summed E-state index contributed by atoms with van der Waals surface area (Å²) < 4.78 is 0. The van der Waals surface area contributed by atoms with Crippen LogP contribution in [0.4, 0.5) is 4.79 Å². The Balaban J connectivity index is 4.32. The second-order valence-electron chi connectivity index (χ2n) is 2.93. The van der Waals surface area contributed by atoms with Crippen LogP contribution in [0.2, 0.25) is 0 Å². The van der Waals surface area contributed by atoms with Crippen molar-refractivity contribution < 1.29 is 4.79 Å². The molecule has 0 bridgehead atoms. The summed E-state index contributed by atoms with van der Waals surface area (Å²) in [6, 6.07) is -0.0835. The Morgan fingerprint density at radius 1 is 1.47 bits per heavy atom. The van der Waals surface area contributed by atoms with Crippen molar-refractivity contribution in [1.82, 2.24) is 16.0 Å². The number of hydrogen-bond acceptors (Lipinski definition) is 3. The Morgan fingerprint density at radius 3 is 2.47 bits per heavy atom. The molecule has 0 fully saturated rings. The predicted molar refractivity (Wildman–Crippen MR) is 69.4 cm³/mol. The number of urea groups is 1. The number of rotatable bonds is 1. The van der Waals surface area contributed by atoms with Gasteiger partial charge in [0.2, 0.25) is 0 Å². The van der Waals surface area contributed by atoms with Gasteiger partial charge in [-0.25, -0.2) is 4.79 Å². The maximum absolute atomic E-state index is 11.0. The fourth-order valence-corrected chi connectivity index (χ4v) is 1.42. The summed E-state index contributed by atoms with van der Waals surface area (Å²) in [5.74, 6) is 0. The quantitative estimate of drug-likeness (QED) is 0.367. The first-order valence-electron chi connectivity index (χ1n) is 4.41. The Hall–Kier alpha value is -0.820. The summed E-state index contributed by atoms with van der Waals surface area (Å²) in [7, 11) is 1.54. The van der Waals surface area contributed by atoms with Gasteiger partial charge in [0.05, 0.1) is 0 Å². The molecule has 15 heavy (non-hydrogen) atoms. The molecule has 5 nitrogen and oxygen atoms in total. The molecular formula is C8H16N4OS2. The van der Waals surface area contributed by atoms with Gasteiger partial charge in [-0.05, 0) is 32.3 Å². The molecule has 7 heteroatoms. The van der Waals surface area contributed by atoms with E-state index in [0.717, 1.165) is 0 Å². The molecule has 0 unspecified atom stereocenters. The van der Waals surface area contributed by atoms with Crippen molar-refractivity contribution in [3.05, 3.63) is 0 Å². The molecular weight excluding hydrogens is 232 g/mol. The second kappa shape index (κ2) is 7.47. The van der Waals surface area contributed by atoms with Crippen LogP contribution in [0.3, 0.4) is 0 Å². The van der Waals surface area contributed by atoms with Crippen LogP contribution in [-0.2, 0) is 0 Å². The molecule has 86 valence electrons. The maximum atomic E-state index is 11.0. The van der Waals surface area contributed by atoms with E-state index in [2.05, 4.69) is 20.9 Å². The van der Waals surface area contributed by atoms with Crippen molar-refractivity contribution in [1.29, 1.82) is 0 Å². The molecule has 0 atom stereocenters. The van der Waals surface area contributed by atoms with Gasteiger partial charge in [0.25, 0.3) is 0 Å². The van der Waals surface area contributed by atoms with E-state index in [-0.39, 0.29) is 12.1 Å². The van der Waals surface area contributed by atoms with Crippen molar-refractivity contribution in [3.63, 3.8) is 0 Å². The van der Waals surface area contributed by atoms with Gasteiger partial charge in [-0.15, -0.1) is 0 Å². The minimum absolute atomic E-state index is 0.226. The lowest BCUT2D eigenvalue weighted by Gasteiger charge is -2.09. The SMILES string of the molecule is CNC(=O)NC(=NC(=S)NC(C)C)SC. The standard InChI is InChI=1S/C8H16N4OS2/c1-5(2)10-7(14)12-8(15-4)11-6(13)9-3/h5H,1-4H3,(H3,9,10,11,12,13,14). The fourth-order valence-electron chi connectivity index (χ4n) is 0.656. The molecule has 0 radical (unpaired) electrons. The van der Waals surface area contributed by atoms with E-state index in [9.17, 15) is 4.79 Å². The van der Waals surface area contributed by atoms with Gasteiger partial charge in [-0.1, -0.05) is 11.8 Å². The Morgan fingerprint density at radius 2 is 2.07 bits per heavy atom. The average Bonchev–Trinajstić information content (AvgIpc) is 2.15. The number of nitrogens with one attached hydrogen (secondary N) is 3. The smallest absolute Gasteiger partial charge is 0.320 e.